The molecule has 1 atom stereocenters. The average molecular weight is 434 g/mol. The molecule has 1 aliphatic carbocycles. The zero-order valence-corrected chi connectivity index (χ0v) is 18.4. The lowest BCUT2D eigenvalue weighted by Gasteiger charge is -2.26. The number of hydrogen-bond acceptors (Lipinski definition) is 4. The molecule has 2 aliphatic heterocycles. The van der Waals surface area contributed by atoms with Crippen LogP contribution in [-0.4, -0.2) is 49.7 Å². The van der Waals surface area contributed by atoms with Gasteiger partial charge in [-0.25, -0.2) is 8.42 Å². The highest BCUT2D eigenvalue weighted by atomic mass is 32.2. The second-order valence-corrected chi connectivity index (χ2v) is 10.6. The van der Waals surface area contributed by atoms with Crippen molar-refractivity contribution in [3.63, 3.8) is 0 Å². The van der Waals surface area contributed by atoms with Crippen LogP contribution in [0.15, 0.2) is 23.1 Å². The van der Waals surface area contributed by atoms with Crippen LogP contribution in [-0.2, 0) is 26.0 Å². The van der Waals surface area contributed by atoms with E-state index in [1.807, 2.05) is 0 Å². The molecule has 1 aromatic carbocycles. The summed E-state index contributed by atoms with van der Waals surface area (Å²) in [5.74, 6) is -0.345. The number of carbonyl (C=O) groups excluding carboxylic acids is 2. The number of sulfonamides is 1. The molecule has 3 aliphatic rings. The lowest BCUT2D eigenvalue weighted by molar-refractivity contribution is -0.126. The molecule has 0 aromatic heterocycles. The van der Waals surface area contributed by atoms with Gasteiger partial charge in [0.1, 0.15) is 6.04 Å². The average Bonchev–Trinajstić information content (AvgIpc) is 3.31. The summed E-state index contributed by atoms with van der Waals surface area (Å²) in [5, 5.41) is 3.15. The van der Waals surface area contributed by atoms with Crippen molar-refractivity contribution in [1.82, 2.24) is 9.62 Å². The minimum absolute atomic E-state index is 0.141. The molecule has 164 valence electrons. The van der Waals surface area contributed by atoms with Crippen LogP contribution in [0, 0.1) is 0 Å². The third-order valence-corrected chi connectivity index (χ3v) is 8.48. The Morgan fingerprint density at radius 3 is 2.30 bits per heavy atom. The Bertz CT molecular complexity index is 916. The summed E-state index contributed by atoms with van der Waals surface area (Å²) in [7, 11) is -3.53. The van der Waals surface area contributed by atoms with Crippen molar-refractivity contribution < 1.29 is 18.0 Å². The smallest absolute Gasteiger partial charge is 0.243 e. The molecule has 4 rings (SSSR count). The van der Waals surface area contributed by atoms with Crippen LogP contribution < -0.4 is 10.2 Å². The molecule has 0 radical (unpaired) electrons. The largest absolute Gasteiger partial charge is 0.352 e. The number of hydrogen-bond donors (Lipinski definition) is 1. The predicted octanol–water partition coefficient (Wildman–Crippen LogP) is 2.59. The second kappa shape index (κ2) is 8.67. The van der Waals surface area contributed by atoms with Crippen molar-refractivity contribution in [2.75, 3.05) is 18.0 Å². The number of nitrogens with one attached hydrogen (secondary N) is 1. The molecule has 1 saturated carbocycles. The molecule has 7 nitrogen and oxygen atoms in total. The standard InChI is InChI=1S/C22H31N3O4S/c1-16(26)25-20-11-10-19(30(28,29)24-12-6-7-13-24)14-17(20)15-21(25)22(27)23-18-8-4-2-3-5-9-18/h10-11,14,18,21H,2-9,12-13,15H2,1H3,(H,23,27). The Morgan fingerprint density at radius 1 is 1.00 bits per heavy atom. The molecule has 1 aromatic rings. The van der Waals surface area contributed by atoms with E-state index in [-0.39, 0.29) is 22.8 Å². The third kappa shape index (κ3) is 4.12. The fourth-order valence-electron chi connectivity index (χ4n) is 4.99. The summed E-state index contributed by atoms with van der Waals surface area (Å²) in [6.45, 7) is 2.55. The Labute approximate surface area is 178 Å². The summed E-state index contributed by atoms with van der Waals surface area (Å²) in [6.07, 6.45) is 8.69. The Kier molecular flexibility index (Phi) is 6.16. The van der Waals surface area contributed by atoms with E-state index in [4.69, 9.17) is 0 Å². The minimum Gasteiger partial charge on any atom is -0.352 e. The van der Waals surface area contributed by atoms with E-state index >= 15 is 0 Å². The van der Waals surface area contributed by atoms with E-state index in [9.17, 15) is 18.0 Å². The van der Waals surface area contributed by atoms with Crippen molar-refractivity contribution in [3.8, 4) is 0 Å². The second-order valence-electron chi connectivity index (χ2n) is 8.71. The molecule has 1 N–H and O–H groups in total. The van der Waals surface area contributed by atoms with Crippen molar-refractivity contribution >= 4 is 27.5 Å². The van der Waals surface area contributed by atoms with Crippen LogP contribution in [0.1, 0.15) is 63.9 Å². The summed E-state index contributed by atoms with van der Waals surface area (Å²) < 4.78 is 27.4. The van der Waals surface area contributed by atoms with Crippen molar-refractivity contribution in [1.29, 1.82) is 0 Å². The van der Waals surface area contributed by atoms with E-state index in [0.29, 0.717) is 25.2 Å². The molecule has 0 spiro atoms. The number of rotatable bonds is 4. The topological polar surface area (TPSA) is 86.8 Å². The normalized spacial score (nSPS) is 23.2. The van der Waals surface area contributed by atoms with Gasteiger partial charge in [-0.3, -0.25) is 14.5 Å². The van der Waals surface area contributed by atoms with Gasteiger partial charge in [0, 0.05) is 38.2 Å². The third-order valence-electron chi connectivity index (χ3n) is 6.58. The Balaban J connectivity index is 1.56. The number of carbonyl (C=O) groups is 2. The van der Waals surface area contributed by atoms with Crippen LogP contribution in [0.2, 0.25) is 0 Å². The first kappa shape index (κ1) is 21.3. The maximum absolute atomic E-state index is 13.1. The van der Waals surface area contributed by atoms with Gasteiger partial charge in [0.05, 0.1) is 4.90 Å². The number of fused-ring (bicyclic) bond motifs is 1. The van der Waals surface area contributed by atoms with Crippen molar-refractivity contribution in [3.05, 3.63) is 23.8 Å². The van der Waals surface area contributed by atoms with E-state index in [1.165, 1.54) is 29.0 Å². The first-order chi connectivity index (χ1) is 14.4. The SMILES string of the molecule is CC(=O)N1c2ccc(S(=O)(=O)N3CCCC3)cc2CC1C(=O)NC1CCCCCC1. The highest BCUT2D eigenvalue weighted by Crippen LogP contribution is 2.35. The van der Waals surface area contributed by atoms with Gasteiger partial charge in [0.2, 0.25) is 21.8 Å². The monoisotopic (exact) mass is 433 g/mol. The highest BCUT2D eigenvalue weighted by Gasteiger charge is 2.39. The van der Waals surface area contributed by atoms with Crippen LogP contribution in [0.4, 0.5) is 5.69 Å². The minimum atomic E-state index is -3.53. The molecule has 8 heteroatoms. The summed E-state index contributed by atoms with van der Waals surface area (Å²) in [5.41, 5.74) is 1.38. The van der Waals surface area contributed by atoms with Gasteiger partial charge < -0.3 is 5.32 Å². The van der Waals surface area contributed by atoms with Gasteiger partial charge in [-0.05, 0) is 49.4 Å². The van der Waals surface area contributed by atoms with Gasteiger partial charge in [-0.1, -0.05) is 25.7 Å². The Hall–Kier alpha value is -1.93. The van der Waals surface area contributed by atoms with E-state index in [0.717, 1.165) is 44.1 Å². The summed E-state index contributed by atoms with van der Waals surface area (Å²) >= 11 is 0. The van der Waals surface area contributed by atoms with Gasteiger partial charge in [-0.2, -0.15) is 4.31 Å². The molecule has 2 heterocycles. The molecule has 1 unspecified atom stereocenters. The molecule has 30 heavy (non-hydrogen) atoms. The lowest BCUT2D eigenvalue weighted by atomic mass is 10.1. The first-order valence-electron chi connectivity index (χ1n) is 11.1. The predicted molar refractivity (Wildman–Crippen MR) is 115 cm³/mol. The van der Waals surface area contributed by atoms with E-state index in [1.54, 1.807) is 18.2 Å². The molecule has 1 saturated heterocycles. The lowest BCUT2D eigenvalue weighted by Crippen LogP contribution is -2.50. The number of benzene rings is 1. The summed E-state index contributed by atoms with van der Waals surface area (Å²) in [6, 6.07) is 4.43. The molecule has 2 fully saturated rings. The zero-order valence-electron chi connectivity index (χ0n) is 17.6. The maximum atomic E-state index is 13.1. The van der Waals surface area contributed by atoms with Crippen LogP contribution >= 0.6 is 0 Å². The van der Waals surface area contributed by atoms with E-state index < -0.39 is 16.1 Å². The van der Waals surface area contributed by atoms with Gasteiger partial charge in [0.25, 0.3) is 0 Å². The maximum Gasteiger partial charge on any atom is 0.243 e. The fraction of sp³-hybridized carbons (Fsp3) is 0.636. The number of amides is 2. The fourth-order valence-corrected chi connectivity index (χ4v) is 6.55. The zero-order chi connectivity index (χ0) is 21.3. The van der Waals surface area contributed by atoms with Crippen molar-refractivity contribution in [2.24, 2.45) is 0 Å². The van der Waals surface area contributed by atoms with Gasteiger partial charge >= 0.3 is 0 Å². The van der Waals surface area contributed by atoms with Crippen LogP contribution in [0.5, 0.6) is 0 Å². The van der Waals surface area contributed by atoms with E-state index in [2.05, 4.69) is 5.32 Å². The highest BCUT2D eigenvalue weighted by molar-refractivity contribution is 7.89. The Morgan fingerprint density at radius 2 is 1.67 bits per heavy atom. The number of anilines is 1. The van der Waals surface area contributed by atoms with Crippen LogP contribution in [0.3, 0.4) is 0 Å². The van der Waals surface area contributed by atoms with Crippen LogP contribution in [0.25, 0.3) is 0 Å². The molecule has 2 amide bonds. The van der Waals surface area contributed by atoms with Crippen molar-refractivity contribution in [2.45, 2.75) is 81.7 Å². The quantitative estimate of drug-likeness (QED) is 0.740. The molecular formula is C22H31N3O4S. The molecule has 0 bridgehead atoms. The van der Waals surface area contributed by atoms with Gasteiger partial charge in [0.15, 0.2) is 0 Å². The number of nitrogens with zero attached hydrogens (tertiary/aromatic N) is 2. The summed E-state index contributed by atoms with van der Waals surface area (Å²) in [4.78, 5) is 27.2. The van der Waals surface area contributed by atoms with Gasteiger partial charge in [-0.15, -0.1) is 0 Å². The first-order valence-corrected chi connectivity index (χ1v) is 12.5. The molecular weight excluding hydrogens is 402 g/mol.